The molecule has 0 aromatic heterocycles. The standard InChI is InChI=1S/C20H19ClF2N2O3/c1-28-18-5-3-14(11-16(18)21)24-19(26)12-6-8-25(9-7-12)20(27)15-4-2-13(22)10-17(15)23/h2-5,10-12H,6-9H2,1H3,(H,24,26). The summed E-state index contributed by atoms with van der Waals surface area (Å²) in [5.41, 5.74) is 0.389. The first-order valence-electron chi connectivity index (χ1n) is 8.77. The number of hydrogen-bond donors (Lipinski definition) is 1. The van der Waals surface area contributed by atoms with Crippen LogP contribution in [0.3, 0.4) is 0 Å². The number of anilines is 1. The predicted octanol–water partition coefficient (Wildman–Crippen LogP) is 4.12. The first-order chi connectivity index (χ1) is 13.4. The van der Waals surface area contributed by atoms with E-state index < -0.39 is 17.5 Å². The molecule has 1 fully saturated rings. The number of hydrogen-bond acceptors (Lipinski definition) is 3. The highest BCUT2D eigenvalue weighted by Gasteiger charge is 2.29. The third-order valence-electron chi connectivity index (χ3n) is 4.73. The Morgan fingerprint density at radius 2 is 1.86 bits per heavy atom. The molecule has 0 radical (unpaired) electrons. The summed E-state index contributed by atoms with van der Waals surface area (Å²) >= 11 is 6.06. The van der Waals surface area contributed by atoms with Crippen LogP contribution in [0, 0.1) is 17.6 Å². The number of carbonyl (C=O) groups excluding carboxylic acids is 2. The zero-order valence-electron chi connectivity index (χ0n) is 15.2. The maximum absolute atomic E-state index is 13.8. The van der Waals surface area contributed by atoms with Crippen LogP contribution in [0.5, 0.6) is 5.75 Å². The zero-order chi connectivity index (χ0) is 20.3. The van der Waals surface area contributed by atoms with Crippen LogP contribution < -0.4 is 10.1 Å². The van der Waals surface area contributed by atoms with Crippen molar-refractivity contribution >= 4 is 29.1 Å². The number of methoxy groups -OCH3 is 1. The smallest absolute Gasteiger partial charge is 0.256 e. The highest BCUT2D eigenvalue weighted by Crippen LogP contribution is 2.28. The molecule has 1 heterocycles. The predicted molar refractivity (Wildman–Crippen MR) is 102 cm³/mol. The lowest BCUT2D eigenvalue weighted by molar-refractivity contribution is -0.121. The fraction of sp³-hybridized carbons (Fsp3) is 0.300. The lowest BCUT2D eigenvalue weighted by atomic mass is 9.95. The van der Waals surface area contributed by atoms with Gasteiger partial charge in [-0.1, -0.05) is 11.6 Å². The van der Waals surface area contributed by atoms with Crippen molar-refractivity contribution < 1.29 is 23.1 Å². The minimum atomic E-state index is -0.888. The van der Waals surface area contributed by atoms with Crippen LogP contribution >= 0.6 is 11.6 Å². The zero-order valence-corrected chi connectivity index (χ0v) is 15.9. The number of nitrogens with one attached hydrogen (secondary N) is 1. The molecule has 0 spiro atoms. The number of amides is 2. The van der Waals surface area contributed by atoms with Crippen LogP contribution in [0.4, 0.5) is 14.5 Å². The van der Waals surface area contributed by atoms with Crippen molar-refractivity contribution in [1.82, 2.24) is 4.90 Å². The molecule has 8 heteroatoms. The molecule has 1 aliphatic rings. The number of benzene rings is 2. The van der Waals surface area contributed by atoms with Gasteiger partial charge in [0.25, 0.3) is 5.91 Å². The van der Waals surface area contributed by atoms with Crippen molar-refractivity contribution in [2.45, 2.75) is 12.8 Å². The second kappa shape index (κ2) is 8.56. The lowest BCUT2D eigenvalue weighted by Crippen LogP contribution is -2.41. The van der Waals surface area contributed by atoms with Gasteiger partial charge in [-0.05, 0) is 43.2 Å². The van der Waals surface area contributed by atoms with Gasteiger partial charge in [0.15, 0.2) is 0 Å². The Morgan fingerprint density at radius 1 is 1.14 bits per heavy atom. The van der Waals surface area contributed by atoms with Gasteiger partial charge in [0.1, 0.15) is 17.4 Å². The molecule has 5 nitrogen and oxygen atoms in total. The number of rotatable bonds is 4. The highest BCUT2D eigenvalue weighted by atomic mass is 35.5. The van der Waals surface area contributed by atoms with Crippen molar-refractivity contribution in [2.24, 2.45) is 5.92 Å². The van der Waals surface area contributed by atoms with Gasteiger partial charge in [-0.2, -0.15) is 0 Å². The van der Waals surface area contributed by atoms with Crippen LogP contribution in [-0.4, -0.2) is 36.9 Å². The number of carbonyl (C=O) groups is 2. The summed E-state index contributed by atoms with van der Waals surface area (Å²) in [5, 5.41) is 3.20. The molecule has 0 saturated carbocycles. The summed E-state index contributed by atoms with van der Waals surface area (Å²) < 4.78 is 31.9. The van der Waals surface area contributed by atoms with Crippen molar-refractivity contribution in [2.75, 3.05) is 25.5 Å². The van der Waals surface area contributed by atoms with Gasteiger partial charge in [-0.25, -0.2) is 8.78 Å². The first kappa shape index (κ1) is 20.1. The van der Waals surface area contributed by atoms with Crippen LogP contribution in [-0.2, 0) is 4.79 Å². The van der Waals surface area contributed by atoms with Crippen molar-refractivity contribution in [3.05, 3.63) is 58.6 Å². The Labute approximate surface area is 166 Å². The number of likely N-dealkylation sites (tertiary alicyclic amines) is 1. The van der Waals surface area contributed by atoms with Crippen molar-refractivity contribution in [3.8, 4) is 5.75 Å². The van der Waals surface area contributed by atoms with Gasteiger partial charge in [-0.15, -0.1) is 0 Å². The molecule has 1 saturated heterocycles. The van der Waals surface area contributed by atoms with Crippen LogP contribution in [0.1, 0.15) is 23.2 Å². The van der Waals surface area contributed by atoms with Gasteiger partial charge in [-0.3, -0.25) is 9.59 Å². The number of halogens is 3. The average molecular weight is 409 g/mol. The van der Waals surface area contributed by atoms with Gasteiger partial charge in [0.2, 0.25) is 5.91 Å². The molecular formula is C20H19ClF2N2O3. The summed E-state index contributed by atoms with van der Waals surface area (Å²) in [6, 6.07) is 7.84. The molecular weight excluding hydrogens is 390 g/mol. The minimum absolute atomic E-state index is 0.165. The fourth-order valence-corrected chi connectivity index (χ4v) is 3.42. The van der Waals surface area contributed by atoms with Gasteiger partial charge in [0.05, 0.1) is 17.7 Å². The van der Waals surface area contributed by atoms with E-state index in [0.717, 1.165) is 12.1 Å². The number of ether oxygens (including phenoxy) is 1. The maximum atomic E-state index is 13.8. The number of nitrogens with zero attached hydrogens (tertiary/aromatic N) is 1. The Hall–Kier alpha value is -2.67. The minimum Gasteiger partial charge on any atom is -0.495 e. The van der Waals surface area contributed by atoms with Gasteiger partial charge >= 0.3 is 0 Å². The molecule has 0 atom stereocenters. The second-order valence-corrected chi connectivity index (χ2v) is 6.94. The molecule has 0 aliphatic carbocycles. The average Bonchev–Trinajstić information content (AvgIpc) is 2.68. The van der Waals surface area contributed by atoms with E-state index in [1.54, 1.807) is 18.2 Å². The summed E-state index contributed by atoms with van der Waals surface area (Å²) in [6.45, 7) is 0.633. The van der Waals surface area contributed by atoms with Crippen LogP contribution in [0.2, 0.25) is 5.02 Å². The molecule has 0 unspecified atom stereocenters. The molecule has 28 heavy (non-hydrogen) atoms. The summed E-state index contributed by atoms with van der Waals surface area (Å²) in [5.74, 6) is -2.05. The molecule has 1 aliphatic heterocycles. The third-order valence-corrected chi connectivity index (χ3v) is 5.03. The Morgan fingerprint density at radius 3 is 2.46 bits per heavy atom. The normalized spacial score (nSPS) is 14.6. The largest absolute Gasteiger partial charge is 0.495 e. The Bertz CT molecular complexity index is 899. The fourth-order valence-electron chi connectivity index (χ4n) is 3.17. The molecule has 0 bridgehead atoms. The lowest BCUT2D eigenvalue weighted by Gasteiger charge is -2.31. The molecule has 1 N–H and O–H groups in total. The van der Waals surface area contributed by atoms with E-state index in [9.17, 15) is 18.4 Å². The highest BCUT2D eigenvalue weighted by molar-refractivity contribution is 6.32. The van der Waals surface area contributed by atoms with E-state index in [-0.39, 0.29) is 17.4 Å². The first-order valence-corrected chi connectivity index (χ1v) is 9.15. The van der Waals surface area contributed by atoms with E-state index in [1.807, 2.05) is 0 Å². The van der Waals surface area contributed by atoms with E-state index in [0.29, 0.717) is 48.5 Å². The second-order valence-electron chi connectivity index (χ2n) is 6.53. The maximum Gasteiger partial charge on any atom is 0.256 e. The van der Waals surface area contributed by atoms with Crippen LogP contribution in [0.15, 0.2) is 36.4 Å². The van der Waals surface area contributed by atoms with E-state index in [2.05, 4.69) is 5.32 Å². The van der Waals surface area contributed by atoms with Gasteiger partial charge < -0.3 is 15.0 Å². The SMILES string of the molecule is COc1ccc(NC(=O)C2CCN(C(=O)c3ccc(F)cc3F)CC2)cc1Cl. The van der Waals surface area contributed by atoms with Crippen molar-refractivity contribution in [1.29, 1.82) is 0 Å². The third kappa shape index (κ3) is 4.42. The van der Waals surface area contributed by atoms with Crippen LogP contribution in [0.25, 0.3) is 0 Å². The summed E-state index contributed by atoms with van der Waals surface area (Å²) in [4.78, 5) is 26.4. The molecule has 2 aromatic carbocycles. The molecule has 3 rings (SSSR count). The molecule has 2 aromatic rings. The number of piperidine rings is 1. The van der Waals surface area contributed by atoms with Crippen molar-refractivity contribution in [3.63, 3.8) is 0 Å². The topological polar surface area (TPSA) is 58.6 Å². The summed E-state index contributed by atoms with van der Waals surface area (Å²) in [6.07, 6.45) is 0.897. The monoisotopic (exact) mass is 408 g/mol. The quantitative estimate of drug-likeness (QED) is 0.828. The Kier molecular flexibility index (Phi) is 6.14. The van der Waals surface area contributed by atoms with E-state index >= 15 is 0 Å². The van der Waals surface area contributed by atoms with E-state index in [1.165, 1.54) is 12.0 Å². The summed E-state index contributed by atoms with van der Waals surface area (Å²) in [7, 11) is 1.51. The molecule has 148 valence electrons. The molecule has 2 amide bonds. The van der Waals surface area contributed by atoms with Gasteiger partial charge in [0, 0.05) is 30.8 Å². The Balaban J connectivity index is 1.58. The van der Waals surface area contributed by atoms with E-state index in [4.69, 9.17) is 16.3 Å².